The zero-order valence-corrected chi connectivity index (χ0v) is 10.0. The standard InChI is InChI=1S/C15H12N2O2/c18-12-5-1-10(2-6-12)14-15(17-9-16-14)11-3-7-13(19)8-4-11/h1-9,18-19H,(H,16,17). The molecular weight excluding hydrogens is 240 g/mol. The number of aromatic hydroxyl groups is 2. The number of aromatic amines is 1. The molecule has 94 valence electrons. The third kappa shape index (κ3) is 2.15. The molecule has 19 heavy (non-hydrogen) atoms. The van der Waals surface area contributed by atoms with Crippen LogP contribution < -0.4 is 0 Å². The molecule has 1 heterocycles. The van der Waals surface area contributed by atoms with Crippen molar-refractivity contribution in [3.05, 3.63) is 54.9 Å². The summed E-state index contributed by atoms with van der Waals surface area (Å²) in [4.78, 5) is 7.41. The van der Waals surface area contributed by atoms with Crippen LogP contribution in [-0.2, 0) is 0 Å². The van der Waals surface area contributed by atoms with E-state index in [4.69, 9.17) is 0 Å². The number of benzene rings is 2. The Bertz CT molecular complexity index is 625. The summed E-state index contributed by atoms with van der Waals surface area (Å²) in [5.41, 5.74) is 3.55. The molecule has 0 bridgehead atoms. The Morgan fingerprint density at radius 1 is 0.737 bits per heavy atom. The monoisotopic (exact) mass is 252 g/mol. The van der Waals surface area contributed by atoms with E-state index in [9.17, 15) is 10.2 Å². The third-order valence-corrected chi connectivity index (χ3v) is 2.94. The molecule has 0 spiro atoms. The van der Waals surface area contributed by atoms with Gasteiger partial charge in [-0.15, -0.1) is 0 Å². The van der Waals surface area contributed by atoms with Crippen molar-refractivity contribution in [1.29, 1.82) is 0 Å². The maximum absolute atomic E-state index is 9.32. The van der Waals surface area contributed by atoms with Gasteiger partial charge in [-0.1, -0.05) is 0 Å². The molecule has 0 aliphatic carbocycles. The van der Waals surface area contributed by atoms with E-state index in [-0.39, 0.29) is 11.5 Å². The molecule has 0 unspecified atom stereocenters. The summed E-state index contributed by atoms with van der Waals surface area (Å²) < 4.78 is 0. The van der Waals surface area contributed by atoms with Crippen LogP contribution in [0.2, 0.25) is 0 Å². The lowest BCUT2D eigenvalue weighted by Crippen LogP contribution is -1.83. The van der Waals surface area contributed by atoms with Crippen LogP contribution in [0.5, 0.6) is 11.5 Å². The topological polar surface area (TPSA) is 69.1 Å². The van der Waals surface area contributed by atoms with Gasteiger partial charge in [0.2, 0.25) is 0 Å². The number of hydrogen-bond acceptors (Lipinski definition) is 3. The highest BCUT2D eigenvalue weighted by Crippen LogP contribution is 2.30. The molecule has 0 atom stereocenters. The first kappa shape index (κ1) is 11.3. The average molecular weight is 252 g/mol. The minimum atomic E-state index is 0.227. The zero-order valence-electron chi connectivity index (χ0n) is 10.0. The van der Waals surface area contributed by atoms with Gasteiger partial charge >= 0.3 is 0 Å². The van der Waals surface area contributed by atoms with Gasteiger partial charge in [-0.05, 0) is 48.5 Å². The van der Waals surface area contributed by atoms with Crippen molar-refractivity contribution in [3.8, 4) is 34.0 Å². The summed E-state index contributed by atoms with van der Waals surface area (Å²) in [7, 11) is 0. The summed E-state index contributed by atoms with van der Waals surface area (Å²) in [6.07, 6.45) is 1.63. The van der Waals surface area contributed by atoms with Gasteiger partial charge in [-0.25, -0.2) is 4.98 Å². The second-order valence-corrected chi connectivity index (χ2v) is 4.22. The molecule has 0 saturated carbocycles. The van der Waals surface area contributed by atoms with E-state index >= 15 is 0 Å². The first-order valence-electron chi connectivity index (χ1n) is 5.86. The highest BCUT2D eigenvalue weighted by atomic mass is 16.3. The summed E-state index contributed by atoms with van der Waals surface area (Å²) in [5, 5.41) is 18.6. The Labute approximate surface area is 110 Å². The van der Waals surface area contributed by atoms with E-state index in [1.54, 1.807) is 30.6 Å². The SMILES string of the molecule is Oc1ccc(-c2nc[nH]c2-c2ccc(O)cc2)cc1. The smallest absolute Gasteiger partial charge is 0.115 e. The number of phenols is 2. The normalized spacial score (nSPS) is 10.5. The first-order valence-corrected chi connectivity index (χ1v) is 5.86. The van der Waals surface area contributed by atoms with E-state index < -0.39 is 0 Å². The Balaban J connectivity index is 2.07. The number of nitrogens with one attached hydrogen (secondary N) is 1. The quantitative estimate of drug-likeness (QED) is 0.656. The molecule has 0 radical (unpaired) electrons. The van der Waals surface area contributed by atoms with Gasteiger partial charge in [0.05, 0.1) is 17.7 Å². The number of H-pyrrole nitrogens is 1. The number of imidazole rings is 1. The molecule has 0 amide bonds. The van der Waals surface area contributed by atoms with E-state index in [2.05, 4.69) is 9.97 Å². The first-order chi connectivity index (χ1) is 9.24. The van der Waals surface area contributed by atoms with Crippen LogP contribution in [0, 0.1) is 0 Å². The van der Waals surface area contributed by atoms with Gasteiger partial charge < -0.3 is 15.2 Å². The molecule has 3 rings (SSSR count). The maximum atomic E-state index is 9.32. The summed E-state index contributed by atoms with van der Waals surface area (Å²) in [6, 6.07) is 13.8. The van der Waals surface area contributed by atoms with Crippen molar-refractivity contribution < 1.29 is 10.2 Å². The van der Waals surface area contributed by atoms with Crippen LogP contribution in [0.1, 0.15) is 0 Å². The van der Waals surface area contributed by atoms with E-state index in [1.807, 2.05) is 24.3 Å². The zero-order chi connectivity index (χ0) is 13.2. The Morgan fingerprint density at radius 3 is 1.84 bits per heavy atom. The van der Waals surface area contributed by atoms with Gasteiger partial charge in [0.15, 0.2) is 0 Å². The molecule has 2 aromatic carbocycles. The molecule has 4 heteroatoms. The lowest BCUT2D eigenvalue weighted by Gasteiger charge is -2.04. The number of aromatic nitrogens is 2. The van der Waals surface area contributed by atoms with Gasteiger partial charge in [0.25, 0.3) is 0 Å². The largest absolute Gasteiger partial charge is 0.508 e. The van der Waals surface area contributed by atoms with Crippen molar-refractivity contribution in [2.75, 3.05) is 0 Å². The molecule has 0 fully saturated rings. The maximum Gasteiger partial charge on any atom is 0.115 e. The molecule has 1 aromatic heterocycles. The van der Waals surface area contributed by atoms with Crippen LogP contribution in [0.3, 0.4) is 0 Å². The predicted octanol–water partition coefficient (Wildman–Crippen LogP) is 3.15. The van der Waals surface area contributed by atoms with Gasteiger partial charge in [0, 0.05) is 11.1 Å². The summed E-state index contributed by atoms with van der Waals surface area (Å²) in [5.74, 6) is 0.458. The number of rotatable bonds is 2. The van der Waals surface area contributed by atoms with Gasteiger partial charge in [-0.2, -0.15) is 0 Å². The second kappa shape index (κ2) is 4.49. The number of hydrogen-bond donors (Lipinski definition) is 3. The van der Waals surface area contributed by atoms with Crippen molar-refractivity contribution in [2.24, 2.45) is 0 Å². The number of phenolic OH excluding ortho intramolecular Hbond substituents is 2. The third-order valence-electron chi connectivity index (χ3n) is 2.94. The molecule has 3 N–H and O–H groups in total. The second-order valence-electron chi connectivity index (χ2n) is 4.22. The Kier molecular flexibility index (Phi) is 2.68. The van der Waals surface area contributed by atoms with Gasteiger partial charge in [-0.3, -0.25) is 0 Å². The Hall–Kier alpha value is -2.75. The highest BCUT2D eigenvalue weighted by Gasteiger charge is 2.10. The average Bonchev–Trinajstić information content (AvgIpc) is 2.90. The minimum Gasteiger partial charge on any atom is -0.508 e. The summed E-state index contributed by atoms with van der Waals surface area (Å²) in [6.45, 7) is 0. The fourth-order valence-corrected chi connectivity index (χ4v) is 1.98. The molecule has 0 aliphatic rings. The van der Waals surface area contributed by atoms with Crippen LogP contribution in [0.25, 0.3) is 22.5 Å². The predicted molar refractivity (Wildman–Crippen MR) is 72.8 cm³/mol. The van der Waals surface area contributed by atoms with Crippen LogP contribution >= 0.6 is 0 Å². The fraction of sp³-hybridized carbons (Fsp3) is 0. The molecule has 0 saturated heterocycles. The van der Waals surface area contributed by atoms with E-state index in [0.717, 1.165) is 22.5 Å². The number of nitrogens with zero attached hydrogens (tertiary/aromatic N) is 1. The minimum absolute atomic E-state index is 0.227. The lowest BCUT2D eigenvalue weighted by atomic mass is 10.0. The summed E-state index contributed by atoms with van der Waals surface area (Å²) >= 11 is 0. The van der Waals surface area contributed by atoms with Crippen molar-refractivity contribution >= 4 is 0 Å². The van der Waals surface area contributed by atoms with Crippen molar-refractivity contribution in [2.45, 2.75) is 0 Å². The lowest BCUT2D eigenvalue weighted by molar-refractivity contribution is 0.475. The van der Waals surface area contributed by atoms with Crippen molar-refractivity contribution in [3.63, 3.8) is 0 Å². The highest BCUT2D eigenvalue weighted by molar-refractivity contribution is 5.78. The molecule has 4 nitrogen and oxygen atoms in total. The van der Waals surface area contributed by atoms with Gasteiger partial charge in [0.1, 0.15) is 11.5 Å². The van der Waals surface area contributed by atoms with E-state index in [1.165, 1.54) is 0 Å². The van der Waals surface area contributed by atoms with Crippen molar-refractivity contribution in [1.82, 2.24) is 9.97 Å². The van der Waals surface area contributed by atoms with E-state index in [0.29, 0.717) is 0 Å². The van der Waals surface area contributed by atoms with Crippen LogP contribution in [0.4, 0.5) is 0 Å². The van der Waals surface area contributed by atoms with Crippen LogP contribution in [0.15, 0.2) is 54.9 Å². The van der Waals surface area contributed by atoms with Crippen LogP contribution in [-0.4, -0.2) is 20.2 Å². The Morgan fingerprint density at radius 2 is 1.26 bits per heavy atom. The fourth-order valence-electron chi connectivity index (χ4n) is 1.98. The molecular formula is C15H12N2O2. The molecule has 3 aromatic rings. The molecule has 0 aliphatic heterocycles.